The zero-order valence-electron chi connectivity index (χ0n) is 23.4. The average Bonchev–Trinajstić information content (AvgIpc) is 3.57. The maximum Gasteiger partial charge on any atom is 0.248 e. The summed E-state index contributed by atoms with van der Waals surface area (Å²) < 4.78 is 40.3. The summed E-state index contributed by atoms with van der Waals surface area (Å²) in [6.45, 7) is 9.00. The molecular weight excluding hydrogens is 534 g/mol. The molecule has 1 amide bonds. The van der Waals surface area contributed by atoms with Crippen molar-refractivity contribution < 1.29 is 22.7 Å². The first-order valence-electron chi connectivity index (χ1n) is 14.1. The Morgan fingerprint density at radius 1 is 1.03 bits per heavy atom. The van der Waals surface area contributed by atoms with Gasteiger partial charge in [-0.3, -0.25) is 9.69 Å². The van der Waals surface area contributed by atoms with Gasteiger partial charge in [-0.2, -0.15) is 4.31 Å². The number of amides is 1. The molecule has 3 aliphatic heterocycles. The molecular formula is C29H41N3O5S2. The van der Waals surface area contributed by atoms with Gasteiger partial charge >= 0.3 is 0 Å². The number of methoxy groups -OCH3 is 1. The van der Waals surface area contributed by atoms with Crippen LogP contribution in [0.15, 0.2) is 23.1 Å². The van der Waals surface area contributed by atoms with E-state index in [2.05, 4.69) is 11.0 Å². The fourth-order valence-corrected chi connectivity index (χ4v) is 9.54. The van der Waals surface area contributed by atoms with Crippen LogP contribution in [0.2, 0.25) is 0 Å². The van der Waals surface area contributed by atoms with Crippen molar-refractivity contribution in [1.29, 1.82) is 0 Å². The zero-order chi connectivity index (χ0) is 27.6. The number of hydrogen-bond donors (Lipinski definition) is 0. The highest BCUT2D eigenvalue weighted by Crippen LogP contribution is 2.32. The second-order valence-corrected chi connectivity index (χ2v) is 14.1. The fourth-order valence-electron chi connectivity index (χ4n) is 6.23. The summed E-state index contributed by atoms with van der Waals surface area (Å²) in [5, 5.41) is 0. The Labute approximate surface area is 236 Å². The molecule has 0 bridgehead atoms. The zero-order valence-corrected chi connectivity index (χ0v) is 25.0. The molecule has 1 aromatic heterocycles. The molecule has 5 rings (SSSR count). The number of rotatable bonds is 9. The number of carbonyl (C=O) groups is 1. The standard InChI is InChI=1S/C29H41N3O5S2/c1-21-14-25(36-3)15-22(2)29(21)39(34,35)32-12-5-4-8-24(32)19-37-20-28(33)31-13-9-27-23(17-31)16-26(38-27)18-30-10-6-7-11-30/h14-16,24H,4-13,17-20H2,1-3H3. The summed E-state index contributed by atoms with van der Waals surface area (Å²) in [7, 11) is -2.13. The maximum absolute atomic E-state index is 13.8. The van der Waals surface area contributed by atoms with E-state index in [0.717, 1.165) is 32.2 Å². The number of sulfonamides is 1. The highest BCUT2D eigenvalue weighted by atomic mass is 32.2. The van der Waals surface area contributed by atoms with Crippen LogP contribution in [0.25, 0.3) is 0 Å². The van der Waals surface area contributed by atoms with Gasteiger partial charge in [-0.25, -0.2) is 8.42 Å². The lowest BCUT2D eigenvalue weighted by Crippen LogP contribution is -2.47. The van der Waals surface area contributed by atoms with Crippen LogP contribution in [0.4, 0.5) is 0 Å². The number of thiophene rings is 1. The molecule has 2 fully saturated rings. The Morgan fingerprint density at radius 3 is 2.46 bits per heavy atom. The first-order valence-corrected chi connectivity index (χ1v) is 16.4. The lowest BCUT2D eigenvalue weighted by atomic mass is 10.1. The fraction of sp³-hybridized carbons (Fsp3) is 0.621. The number of ether oxygens (including phenoxy) is 2. The van der Waals surface area contributed by atoms with Gasteiger partial charge in [-0.1, -0.05) is 6.42 Å². The Balaban J connectivity index is 1.18. The molecule has 0 spiro atoms. The largest absolute Gasteiger partial charge is 0.497 e. The molecule has 0 N–H and O–H groups in total. The molecule has 3 aliphatic rings. The normalized spacial score (nSPS) is 20.8. The van der Waals surface area contributed by atoms with Gasteiger partial charge in [0.2, 0.25) is 15.9 Å². The van der Waals surface area contributed by atoms with Crippen LogP contribution >= 0.6 is 11.3 Å². The van der Waals surface area contributed by atoms with Crippen molar-refractivity contribution >= 4 is 27.3 Å². The van der Waals surface area contributed by atoms with E-state index < -0.39 is 10.0 Å². The first-order chi connectivity index (χ1) is 18.8. The Morgan fingerprint density at radius 2 is 1.74 bits per heavy atom. The average molecular weight is 576 g/mol. The van der Waals surface area contributed by atoms with Gasteiger partial charge in [0.15, 0.2) is 0 Å². The van der Waals surface area contributed by atoms with E-state index in [0.29, 0.717) is 41.4 Å². The van der Waals surface area contributed by atoms with Gasteiger partial charge in [0.1, 0.15) is 12.4 Å². The summed E-state index contributed by atoms with van der Waals surface area (Å²) >= 11 is 1.90. The summed E-state index contributed by atoms with van der Waals surface area (Å²) in [6, 6.07) is 5.53. The van der Waals surface area contributed by atoms with Crippen LogP contribution in [0.5, 0.6) is 5.75 Å². The van der Waals surface area contributed by atoms with Crippen LogP contribution < -0.4 is 4.74 Å². The third-order valence-electron chi connectivity index (χ3n) is 8.19. The number of nitrogens with zero attached hydrogens (tertiary/aromatic N) is 3. The maximum atomic E-state index is 13.8. The molecule has 8 nitrogen and oxygen atoms in total. The highest BCUT2D eigenvalue weighted by molar-refractivity contribution is 7.89. The summed E-state index contributed by atoms with van der Waals surface area (Å²) in [6.07, 6.45) is 5.96. The van der Waals surface area contributed by atoms with E-state index in [-0.39, 0.29) is 25.2 Å². The van der Waals surface area contributed by atoms with Gasteiger partial charge in [-0.05, 0) is 93.9 Å². The second kappa shape index (κ2) is 12.3. The minimum atomic E-state index is -3.71. The van der Waals surface area contributed by atoms with Gasteiger partial charge in [0.25, 0.3) is 0 Å². The van der Waals surface area contributed by atoms with Crippen molar-refractivity contribution in [2.45, 2.75) is 76.4 Å². The number of carbonyl (C=O) groups excluding carboxylic acids is 1. The number of aryl methyl sites for hydroxylation is 2. The number of piperidine rings is 1. The molecule has 4 heterocycles. The van der Waals surface area contributed by atoms with Gasteiger partial charge < -0.3 is 14.4 Å². The van der Waals surface area contributed by atoms with Crippen LogP contribution in [0.3, 0.4) is 0 Å². The third-order valence-corrected chi connectivity index (χ3v) is 11.7. The van der Waals surface area contributed by atoms with Crippen molar-refractivity contribution in [3.8, 4) is 5.75 Å². The summed E-state index contributed by atoms with van der Waals surface area (Å²) in [4.78, 5) is 20.6. The molecule has 2 saturated heterocycles. The Kier molecular flexibility index (Phi) is 8.98. The molecule has 1 unspecified atom stereocenters. The van der Waals surface area contributed by atoms with Crippen LogP contribution in [0.1, 0.15) is 58.5 Å². The second-order valence-electron chi connectivity index (χ2n) is 11.1. The van der Waals surface area contributed by atoms with E-state index in [9.17, 15) is 13.2 Å². The molecule has 0 saturated carbocycles. The molecule has 2 aromatic rings. The smallest absolute Gasteiger partial charge is 0.248 e. The Hall–Kier alpha value is -1.98. The quantitative estimate of drug-likeness (QED) is 0.448. The van der Waals surface area contributed by atoms with E-state index >= 15 is 0 Å². The predicted octanol–water partition coefficient (Wildman–Crippen LogP) is 4.11. The SMILES string of the molecule is COc1cc(C)c(S(=O)(=O)N2CCCCC2COCC(=O)N2CCc3sc(CN4CCCC4)cc3C2)c(C)c1. The van der Waals surface area contributed by atoms with Crippen LogP contribution in [-0.4, -0.2) is 81.0 Å². The summed E-state index contributed by atoms with van der Waals surface area (Å²) in [5.74, 6) is 0.621. The number of fused-ring (bicyclic) bond motifs is 1. The predicted molar refractivity (Wildman–Crippen MR) is 153 cm³/mol. The minimum absolute atomic E-state index is 0.0227. The first kappa shape index (κ1) is 28.5. The van der Waals surface area contributed by atoms with Crippen molar-refractivity contribution in [2.75, 3.05) is 46.5 Å². The molecule has 0 aliphatic carbocycles. The van der Waals surface area contributed by atoms with E-state index in [4.69, 9.17) is 9.47 Å². The lowest BCUT2D eigenvalue weighted by Gasteiger charge is -2.35. The van der Waals surface area contributed by atoms with Crippen molar-refractivity contribution in [3.05, 3.63) is 44.6 Å². The third kappa shape index (κ3) is 6.35. The molecule has 0 radical (unpaired) electrons. The number of benzene rings is 1. The minimum Gasteiger partial charge on any atom is -0.497 e. The highest BCUT2D eigenvalue weighted by Gasteiger charge is 2.36. The van der Waals surface area contributed by atoms with E-state index in [1.165, 1.54) is 41.2 Å². The molecule has 214 valence electrons. The van der Waals surface area contributed by atoms with E-state index in [1.54, 1.807) is 23.5 Å². The number of hydrogen-bond acceptors (Lipinski definition) is 7. The van der Waals surface area contributed by atoms with Gasteiger partial charge in [-0.15, -0.1) is 11.3 Å². The van der Waals surface area contributed by atoms with Crippen LogP contribution in [0, 0.1) is 13.8 Å². The molecule has 1 aromatic carbocycles. The van der Waals surface area contributed by atoms with Crippen molar-refractivity contribution in [2.24, 2.45) is 0 Å². The molecule has 39 heavy (non-hydrogen) atoms. The lowest BCUT2D eigenvalue weighted by molar-refractivity contribution is -0.137. The summed E-state index contributed by atoms with van der Waals surface area (Å²) in [5.41, 5.74) is 2.62. The number of likely N-dealkylation sites (tertiary alicyclic amines) is 1. The monoisotopic (exact) mass is 575 g/mol. The van der Waals surface area contributed by atoms with Crippen LogP contribution in [-0.2, 0) is 39.1 Å². The molecule has 10 heteroatoms. The Bertz CT molecular complexity index is 1260. The van der Waals surface area contributed by atoms with Crippen molar-refractivity contribution in [1.82, 2.24) is 14.1 Å². The van der Waals surface area contributed by atoms with Gasteiger partial charge in [0.05, 0.1) is 18.6 Å². The molecule has 1 atom stereocenters. The van der Waals surface area contributed by atoms with Crippen molar-refractivity contribution in [3.63, 3.8) is 0 Å². The van der Waals surface area contributed by atoms with Gasteiger partial charge in [0, 0.05) is 42.0 Å². The van der Waals surface area contributed by atoms with E-state index in [1.807, 2.05) is 30.1 Å². The topological polar surface area (TPSA) is 79.4 Å².